The zero-order valence-electron chi connectivity index (χ0n) is 10.7. The van der Waals surface area contributed by atoms with Gasteiger partial charge in [-0.15, -0.1) is 0 Å². The molecule has 0 aliphatic heterocycles. The molecule has 7 nitrogen and oxygen atoms in total. The standard InChI is InChI=1S/C12H17N3O4S/c13-8-1-2-9(14-5-7(18)6-17)10-11(8)20-12(15-10)19-4-3-16/h1-2,7,14,16-18H,3-6,13H2. The van der Waals surface area contributed by atoms with Crippen LogP contribution in [0.3, 0.4) is 0 Å². The Bertz CT molecular complexity index is 575. The average molecular weight is 299 g/mol. The minimum absolute atomic E-state index is 0.0841. The number of hydrogen-bond acceptors (Lipinski definition) is 8. The Morgan fingerprint density at radius 2 is 2.20 bits per heavy atom. The molecule has 0 saturated carbocycles. The third-order valence-electron chi connectivity index (χ3n) is 2.61. The largest absolute Gasteiger partial charge is 0.468 e. The summed E-state index contributed by atoms with van der Waals surface area (Å²) in [7, 11) is 0. The molecule has 0 aliphatic rings. The fourth-order valence-corrected chi connectivity index (χ4v) is 2.53. The van der Waals surface area contributed by atoms with E-state index in [1.807, 2.05) is 0 Å². The molecule has 0 amide bonds. The first-order valence-corrected chi connectivity index (χ1v) is 6.92. The number of aromatic nitrogens is 1. The van der Waals surface area contributed by atoms with Crippen molar-refractivity contribution in [1.29, 1.82) is 0 Å². The number of nitrogens with two attached hydrogens (primary N) is 1. The van der Waals surface area contributed by atoms with E-state index in [1.165, 1.54) is 11.3 Å². The molecule has 1 heterocycles. The molecule has 8 heteroatoms. The first-order valence-electron chi connectivity index (χ1n) is 6.11. The van der Waals surface area contributed by atoms with Crippen LogP contribution in [-0.2, 0) is 0 Å². The van der Waals surface area contributed by atoms with E-state index in [-0.39, 0.29) is 26.4 Å². The minimum Gasteiger partial charge on any atom is -0.468 e. The quantitative estimate of drug-likeness (QED) is 0.457. The molecular weight excluding hydrogens is 282 g/mol. The van der Waals surface area contributed by atoms with Crippen molar-refractivity contribution in [3.8, 4) is 5.19 Å². The number of nitrogens with one attached hydrogen (secondary N) is 1. The summed E-state index contributed by atoms with van der Waals surface area (Å²) in [5, 5.41) is 30.3. The maximum absolute atomic E-state index is 9.36. The number of benzene rings is 1. The summed E-state index contributed by atoms with van der Waals surface area (Å²) < 4.78 is 6.06. The van der Waals surface area contributed by atoms with Crippen molar-refractivity contribution in [2.24, 2.45) is 0 Å². The number of nitrogen functional groups attached to an aromatic ring is 1. The second kappa shape index (κ2) is 6.71. The molecule has 0 fully saturated rings. The molecule has 6 N–H and O–H groups in total. The van der Waals surface area contributed by atoms with E-state index in [1.54, 1.807) is 12.1 Å². The van der Waals surface area contributed by atoms with Crippen molar-refractivity contribution in [3.05, 3.63) is 12.1 Å². The smallest absolute Gasteiger partial charge is 0.274 e. The van der Waals surface area contributed by atoms with Crippen molar-refractivity contribution in [2.75, 3.05) is 37.4 Å². The van der Waals surface area contributed by atoms with Gasteiger partial charge < -0.3 is 31.1 Å². The molecule has 0 radical (unpaired) electrons. The van der Waals surface area contributed by atoms with Crippen LogP contribution in [0.25, 0.3) is 10.2 Å². The molecule has 1 aromatic carbocycles. The highest BCUT2D eigenvalue weighted by molar-refractivity contribution is 7.20. The lowest BCUT2D eigenvalue weighted by atomic mass is 10.2. The van der Waals surface area contributed by atoms with Gasteiger partial charge in [0, 0.05) is 6.54 Å². The summed E-state index contributed by atoms with van der Waals surface area (Å²) in [4.78, 5) is 4.31. The van der Waals surface area contributed by atoms with E-state index in [0.717, 1.165) is 4.70 Å². The molecule has 0 spiro atoms. The SMILES string of the molecule is Nc1ccc(NCC(O)CO)c2nc(OCCO)sc12. The van der Waals surface area contributed by atoms with Crippen LogP contribution in [0.5, 0.6) is 5.19 Å². The van der Waals surface area contributed by atoms with Crippen molar-refractivity contribution in [3.63, 3.8) is 0 Å². The summed E-state index contributed by atoms with van der Waals surface area (Å²) in [5.41, 5.74) is 7.84. The Kier molecular flexibility index (Phi) is 4.96. The number of thiazole rings is 1. The molecular formula is C12H17N3O4S. The molecule has 110 valence electrons. The van der Waals surface area contributed by atoms with Crippen LogP contribution in [0.15, 0.2) is 12.1 Å². The Morgan fingerprint density at radius 1 is 1.40 bits per heavy atom. The normalized spacial score (nSPS) is 12.6. The maximum atomic E-state index is 9.36. The van der Waals surface area contributed by atoms with Gasteiger partial charge in [0.15, 0.2) is 0 Å². The first kappa shape index (κ1) is 14.8. The maximum Gasteiger partial charge on any atom is 0.274 e. The van der Waals surface area contributed by atoms with Gasteiger partial charge in [-0.2, -0.15) is 0 Å². The molecule has 20 heavy (non-hydrogen) atoms. The number of hydrogen-bond donors (Lipinski definition) is 5. The van der Waals surface area contributed by atoms with Crippen LogP contribution in [0.4, 0.5) is 11.4 Å². The van der Waals surface area contributed by atoms with Crippen LogP contribution >= 0.6 is 11.3 Å². The van der Waals surface area contributed by atoms with Crippen LogP contribution in [-0.4, -0.2) is 52.8 Å². The van der Waals surface area contributed by atoms with Crippen molar-refractivity contribution >= 4 is 32.9 Å². The Hall–Kier alpha value is -1.61. The van der Waals surface area contributed by atoms with E-state index in [4.69, 9.17) is 20.7 Å². The molecule has 2 rings (SSSR count). The lowest BCUT2D eigenvalue weighted by Gasteiger charge is -2.10. The third-order valence-corrected chi connectivity index (χ3v) is 3.63. The highest BCUT2D eigenvalue weighted by Gasteiger charge is 2.12. The van der Waals surface area contributed by atoms with Gasteiger partial charge in [-0.25, -0.2) is 4.98 Å². The van der Waals surface area contributed by atoms with Gasteiger partial charge >= 0.3 is 0 Å². The van der Waals surface area contributed by atoms with Gasteiger partial charge in [0.05, 0.1) is 35.4 Å². The van der Waals surface area contributed by atoms with Crippen molar-refractivity contribution in [1.82, 2.24) is 4.98 Å². The fraction of sp³-hybridized carbons (Fsp3) is 0.417. The summed E-state index contributed by atoms with van der Waals surface area (Å²) >= 11 is 1.30. The predicted molar refractivity (Wildman–Crippen MR) is 78.2 cm³/mol. The zero-order chi connectivity index (χ0) is 14.5. The van der Waals surface area contributed by atoms with E-state index >= 15 is 0 Å². The van der Waals surface area contributed by atoms with Gasteiger partial charge in [-0.1, -0.05) is 11.3 Å². The highest BCUT2D eigenvalue weighted by atomic mass is 32.1. The van der Waals surface area contributed by atoms with Crippen LogP contribution < -0.4 is 15.8 Å². The van der Waals surface area contributed by atoms with Gasteiger partial charge in [-0.05, 0) is 12.1 Å². The predicted octanol–water partition coefficient (Wildman–Crippen LogP) is 0.0147. The lowest BCUT2D eigenvalue weighted by Crippen LogP contribution is -2.23. The van der Waals surface area contributed by atoms with Gasteiger partial charge in [0.25, 0.3) is 5.19 Å². The van der Waals surface area contributed by atoms with E-state index in [2.05, 4.69) is 10.3 Å². The summed E-state index contributed by atoms with van der Waals surface area (Å²) in [6.45, 7) is -0.0160. The second-order valence-electron chi connectivity index (χ2n) is 4.15. The second-order valence-corrected chi connectivity index (χ2v) is 5.11. The van der Waals surface area contributed by atoms with Crippen LogP contribution in [0, 0.1) is 0 Å². The number of ether oxygens (including phenoxy) is 1. The van der Waals surface area contributed by atoms with E-state index in [0.29, 0.717) is 22.1 Å². The average Bonchev–Trinajstić information content (AvgIpc) is 2.89. The van der Waals surface area contributed by atoms with Gasteiger partial charge in [0.1, 0.15) is 12.1 Å². The summed E-state index contributed by atoms with van der Waals surface area (Å²) in [5.74, 6) is 0. The number of nitrogens with zero attached hydrogens (tertiary/aromatic N) is 1. The monoisotopic (exact) mass is 299 g/mol. The number of rotatable bonds is 7. The highest BCUT2D eigenvalue weighted by Crippen LogP contribution is 2.36. The molecule has 2 aromatic rings. The molecule has 0 aliphatic carbocycles. The lowest BCUT2D eigenvalue weighted by molar-refractivity contribution is 0.105. The fourth-order valence-electron chi connectivity index (χ4n) is 1.64. The Balaban J connectivity index is 2.25. The number of anilines is 2. The van der Waals surface area contributed by atoms with E-state index in [9.17, 15) is 5.11 Å². The molecule has 1 aromatic heterocycles. The molecule has 0 bridgehead atoms. The Morgan fingerprint density at radius 3 is 2.90 bits per heavy atom. The minimum atomic E-state index is -0.841. The Labute approximate surface area is 119 Å². The van der Waals surface area contributed by atoms with Gasteiger partial charge in [0.2, 0.25) is 0 Å². The number of aliphatic hydroxyl groups is 3. The molecule has 0 saturated heterocycles. The van der Waals surface area contributed by atoms with Crippen molar-refractivity contribution in [2.45, 2.75) is 6.10 Å². The molecule has 1 unspecified atom stereocenters. The van der Waals surface area contributed by atoms with Crippen LogP contribution in [0.2, 0.25) is 0 Å². The topological polar surface area (TPSA) is 121 Å². The first-order chi connectivity index (χ1) is 9.65. The number of aliphatic hydroxyl groups excluding tert-OH is 3. The van der Waals surface area contributed by atoms with Crippen LogP contribution in [0.1, 0.15) is 0 Å². The third kappa shape index (κ3) is 3.28. The zero-order valence-corrected chi connectivity index (χ0v) is 11.6. The van der Waals surface area contributed by atoms with Crippen molar-refractivity contribution < 1.29 is 20.1 Å². The van der Waals surface area contributed by atoms with E-state index < -0.39 is 6.10 Å². The summed E-state index contributed by atoms with van der Waals surface area (Å²) in [6.07, 6.45) is -0.841. The van der Waals surface area contributed by atoms with Gasteiger partial charge in [-0.3, -0.25) is 0 Å². The molecule has 1 atom stereocenters. The number of fused-ring (bicyclic) bond motifs is 1. The summed E-state index contributed by atoms with van der Waals surface area (Å²) in [6, 6.07) is 3.50.